The van der Waals surface area contributed by atoms with Crippen molar-refractivity contribution in [3.05, 3.63) is 0 Å². The summed E-state index contributed by atoms with van der Waals surface area (Å²) in [6.45, 7) is 0. The van der Waals surface area contributed by atoms with E-state index in [1.54, 1.807) is 0 Å². The van der Waals surface area contributed by atoms with E-state index in [0.29, 0.717) is 18.9 Å². The summed E-state index contributed by atoms with van der Waals surface area (Å²) in [7, 11) is 3.99. The fourth-order valence-electron chi connectivity index (χ4n) is 1.71. The van der Waals surface area contributed by atoms with Gasteiger partial charge < -0.3 is 16.4 Å². The van der Waals surface area contributed by atoms with E-state index in [9.17, 15) is 4.79 Å². The van der Waals surface area contributed by atoms with E-state index in [1.807, 2.05) is 14.1 Å². The van der Waals surface area contributed by atoms with E-state index < -0.39 is 5.54 Å². The molecule has 1 saturated carbocycles. The van der Waals surface area contributed by atoms with Crippen LogP contribution in [0.3, 0.4) is 0 Å². The number of nitrogens with zero attached hydrogens (tertiary/aromatic N) is 1. The van der Waals surface area contributed by atoms with Crippen molar-refractivity contribution >= 4 is 5.91 Å². The molecular formula is C8H17N3O. The van der Waals surface area contributed by atoms with E-state index in [4.69, 9.17) is 11.5 Å². The minimum absolute atomic E-state index is 0.369. The molecule has 2 unspecified atom stereocenters. The second kappa shape index (κ2) is 3.03. The van der Waals surface area contributed by atoms with Crippen molar-refractivity contribution in [3.8, 4) is 0 Å². The summed E-state index contributed by atoms with van der Waals surface area (Å²) in [5.41, 5.74) is 10.3. The fraction of sp³-hybridized carbons (Fsp3) is 0.875. The van der Waals surface area contributed by atoms with E-state index >= 15 is 0 Å². The maximum absolute atomic E-state index is 11.0. The van der Waals surface area contributed by atoms with Crippen molar-refractivity contribution in [2.75, 3.05) is 14.1 Å². The fourth-order valence-corrected chi connectivity index (χ4v) is 1.71. The van der Waals surface area contributed by atoms with E-state index in [0.717, 1.165) is 6.42 Å². The number of primary amides is 1. The Bertz CT molecular complexity index is 193. The van der Waals surface area contributed by atoms with Crippen molar-refractivity contribution in [1.82, 2.24) is 4.90 Å². The normalized spacial score (nSPS) is 35.8. The van der Waals surface area contributed by atoms with Crippen molar-refractivity contribution in [1.29, 1.82) is 0 Å². The third kappa shape index (κ3) is 1.59. The molecule has 4 heteroatoms. The smallest absolute Gasteiger partial charge is 0.237 e. The predicted molar refractivity (Wildman–Crippen MR) is 47.4 cm³/mol. The minimum atomic E-state index is -0.755. The summed E-state index contributed by atoms with van der Waals surface area (Å²) in [4.78, 5) is 13.1. The summed E-state index contributed by atoms with van der Waals surface area (Å²) in [5.74, 6) is -0.369. The lowest BCUT2D eigenvalue weighted by Gasteiger charge is -2.22. The molecule has 1 rings (SSSR count). The molecule has 0 saturated heterocycles. The van der Waals surface area contributed by atoms with Crippen LogP contribution in [0.5, 0.6) is 0 Å². The van der Waals surface area contributed by atoms with Crippen LogP contribution in [0, 0.1) is 0 Å². The van der Waals surface area contributed by atoms with Crippen LogP contribution in [0.1, 0.15) is 19.3 Å². The van der Waals surface area contributed by atoms with Gasteiger partial charge in [-0.05, 0) is 33.4 Å². The maximum atomic E-state index is 11.0. The molecule has 1 aliphatic carbocycles. The van der Waals surface area contributed by atoms with E-state index in [1.165, 1.54) is 0 Å². The van der Waals surface area contributed by atoms with E-state index in [-0.39, 0.29) is 5.91 Å². The number of hydrogen-bond donors (Lipinski definition) is 2. The Morgan fingerprint density at radius 2 is 2.17 bits per heavy atom. The zero-order valence-corrected chi connectivity index (χ0v) is 7.71. The number of hydrogen-bond acceptors (Lipinski definition) is 3. The second-order valence-corrected chi connectivity index (χ2v) is 3.88. The van der Waals surface area contributed by atoms with Gasteiger partial charge in [0, 0.05) is 6.04 Å². The molecule has 2 atom stereocenters. The quantitative estimate of drug-likeness (QED) is 0.576. The van der Waals surface area contributed by atoms with Gasteiger partial charge in [0.2, 0.25) is 5.91 Å². The number of carbonyl (C=O) groups is 1. The highest BCUT2D eigenvalue weighted by Gasteiger charge is 2.41. The zero-order chi connectivity index (χ0) is 9.35. The summed E-state index contributed by atoms with van der Waals surface area (Å²) >= 11 is 0. The average molecular weight is 171 g/mol. The lowest BCUT2D eigenvalue weighted by atomic mass is 9.98. The molecule has 1 aliphatic rings. The molecule has 70 valence electrons. The van der Waals surface area contributed by atoms with Gasteiger partial charge in [-0.15, -0.1) is 0 Å². The molecule has 0 aliphatic heterocycles. The van der Waals surface area contributed by atoms with Crippen molar-refractivity contribution in [3.63, 3.8) is 0 Å². The standard InChI is InChI=1S/C8H17N3O/c1-11(2)6-3-4-8(10,5-6)7(9)12/h6H,3-5,10H2,1-2H3,(H2,9,12). The van der Waals surface area contributed by atoms with Gasteiger partial charge >= 0.3 is 0 Å². The topological polar surface area (TPSA) is 72.3 Å². The van der Waals surface area contributed by atoms with Crippen LogP contribution in [0.15, 0.2) is 0 Å². The molecule has 0 radical (unpaired) electrons. The monoisotopic (exact) mass is 171 g/mol. The van der Waals surface area contributed by atoms with Crippen LogP contribution >= 0.6 is 0 Å². The van der Waals surface area contributed by atoms with Gasteiger partial charge in [0.25, 0.3) is 0 Å². The highest BCUT2D eigenvalue weighted by Crippen LogP contribution is 2.29. The van der Waals surface area contributed by atoms with Crippen LogP contribution in [0.2, 0.25) is 0 Å². The third-order valence-corrected chi connectivity index (χ3v) is 2.74. The maximum Gasteiger partial charge on any atom is 0.237 e. The van der Waals surface area contributed by atoms with Gasteiger partial charge in [0.05, 0.1) is 5.54 Å². The molecule has 12 heavy (non-hydrogen) atoms. The van der Waals surface area contributed by atoms with Gasteiger partial charge in [-0.25, -0.2) is 0 Å². The predicted octanol–water partition coefficient (Wildman–Crippen LogP) is -0.717. The lowest BCUT2D eigenvalue weighted by molar-refractivity contribution is -0.123. The Balaban J connectivity index is 2.61. The zero-order valence-electron chi connectivity index (χ0n) is 7.71. The van der Waals surface area contributed by atoms with Gasteiger partial charge in [-0.2, -0.15) is 0 Å². The summed E-state index contributed by atoms with van der Waals surface area (Å²) < 4.78 is 0. The van der Waals surface area contributed by atoms with Gasteiger partial charge in [0.15, 0.2) is 0 Å². The summed E-state index contributed by atoms with van der Waals surface area (Å²) in [5, 5.41) is 0. The van der Waals surface area contributed by atoms with Crippen LogP contribution < -0.4 is 11.5 Å². The summed E-state index contributed by atoms with van der Waals surface area (Å²) in [6, 6.07) is 0.405. The molecule has 0 spiro atoms. The van der Waals surface area contributed by atoms with Gasteiger partial charge in [-0.3, -0.25) is 4.79 Å². The Morgan fingerprint density at radius 3 is 2.42 bits per heavy atom. The van der Waals surface area contributed by atoms with Gasteiger partial charge in [0.1, 0.15) is 0 Å². The molecule has 0 aromatic rings. The van der Waals surface area contributed by atoms with Crippen molar-refractivity contribution in [2.24, 2.45) is 11.5 Å². The third-order valence-electron chi connectivity index (χ3n) is 2.74. The van der Waals surface area contributed by atoms with Crippen LogP contribution in [0.25, 0.3) is 0 Å². The second-order valence-electron chi connectivity index (χ2n) is 3.88. The minimum Gasteiger partial charge on any atom is -0.368 e. The molecule has 0 aromatic heterocycles. The molecule has 1 amide bonds. The first-order valence-corrected chi connectivity index (χ1v) is 4.21. The lowest BCUT2D eigenvalue weighted by Crippen LogP contribution is -2.50. The molecule has 4 nitrogen and oxygen atoms in total. The van der Waals surface area contributed by atoms with Crippen molar-refractivity contribution in [2.45, 2.75) is 30.8 Å². The molecular weight excluding hydrogens is 154 g/mol. The first-order chi connectivity index (χ1) is 5.46. The molecule has 4 N–H and O–H groups in total. The van der Waals surface area contributed by atoms with Crippen molar-refractivity contribution < 1.29 is 4.79 Å². The number of rotatable bonds is 2. The molecule has 0 bridgehead atoms. The first-order valence-electron chi connectivity index (χ1n) is 4.21. The molecule has 1 fully saturated rings. The molecule has 0 aromatic carbocycles. The average Bonchev–Trinajstić information content (AvgIpc) is 2.33. The Kier molecular flexibility index (Phi) is 2.39. The van der Waals surface area contributed by atoms with Crippen LogP contribution in [-0.2, 0) is 4.79 Å². The van der Waals surface area contributed by atoms with Crippen LogP contribution in [0.4, 0.5) is 0 Å². The number of nitrogens with two attached hydrogens (primary N) is 2. The molecule has 0 heterocycles. The van der Waals surface area contributed by atoms with E-state index in [2.05, 4.69) is 4.90 Å². The Morgan fingerprint density at radius 1 is 1.58 bits per heavy atom. The van der Waals surface area contributed by atoms with Crippen LogP contribution in [-0.4, -0.2) is 36.5 Å². The number of amides is 1. The highest BCUT2D eigenvalue weighted by molar-refractivity contribution is 5.84. The van der Waals surface area contributed by atoms with Gasteiger partial charge in [-0.1, -0.05) is 0 Å². The first kappa shape index (κ1) is 9.48. The Hall–Kier alpha value is -0.610. The number of carbonyl (C=O) groups excluding carboxylic acids is 1. The SMILES string of the molecule is CN(C)C1CCC(N)(C(N)=O)C1. The summed E-state index contributed by atoms with van der Waals surface area (Å²) in [6.07, 6.45) is 2.37. The largest absolute Gasteiger partial charge is 0.368 e. The Labute approximate surface area is 72.9 Å². The highest BCUT2D eigenvalue weighted by atomic mass is 16.1.